The number of nitriles is 1. The zero-order valence-electron chi connectivity index (χ0n) is 12.8. The van der Waals surface area contributed by atoms with E-state index in [0.717, 1.165) is 18.7 Å². The van der Waals surface area contributed by atoms with Gasteiger partial charge < -0.3 is 5.32 Å². The maximum atomic E-state index is 8.81. The number of nitrogens with one attached hydrogen (secondary N) is 1. The molecule has 3 heteroatoms. The first-order valence-electron chi connectivity index (χ1n) is 7.38. The molecular formula is C17H25ClN2. The lowest BCUT2D eigenvalue weighted by atomic mass is 9.87. The van der Waals surface area contributed by atoms with Crippen LogP contribution in [0.1, 0.15) is 57.6 Å². The molecule has 1 aromatic rings. The lowest BCUT2D eigenvalue weighted by molar-refractivity contribution is 0.302. The van der Waals surface area contributed by atoms with E-state index in [0.29, 0.717) is 16.0 Å². The first kappa shape index (κ1) is 17.0. The van der Waals surface area contributed by atoms with E-state index in [2.05, 4.69) is 32.2 Å². The molecule has 0 spiro atoms. The maximum absolute atomic E-state index is 8.81. The van der Waals surface area contributed by atoms with E-state index in [9.17, 15) is 0 Å². The molecule has 0 amide bonds. The number of hydrogen-bond acceptors (Lipinski definition) is 2. The standard InChI is InChI=1S/C17H25ClN2/c1-4-5-6-9-17(2,3)13-20-12-15-8-7-14(11-19)10-16(15)18/h7-8,10,20H,4-6,9,12-13H2,1-3H3. The second kappa shape index (κ2) is 8.29. The third-order valence-electron chi connectivity index (χ3n) is 3.56. The molecule has 0 aliphatic rings. The van der Waals surface area contributed by atoms with Crippen molar-refractivity contribution in [3.05, 3.63) is 34.3 Å². The highest BCUT2D eigenvalue weighted by atomic mass is 35.5. The first-order valence-corrected chi connectivity index (χ1v) is 7.75. The predicted octanol–water partition coefficient (Wildman–Crippen LogP) is 4.91. The quantitative estimate of drug-likeness (QED) is 0.691. The van der Waals surface area contributed by atoms with E-state index in [1.807, 2.05) is 12.1 Å². The molecule has 0 atom stereocenters. The summed E-state index contributed by atoms with van der Waals surface area (Å²) in [5, 5.41) is 13.0. The van der Waals surface area contributed by atoms with Gasteiger partial charge in [-0.3, -0.25) is 0 Å². The average molecular weight is 293 g/mol. The van der Waals surface area contributed by atoms with Gasteiger partial charge in [0.25, 0.3) is 0 Å². The van der Waals surface area contributed by atoms with Gasteiger partial charge in [-0.1, -0.05) is 57.7 Å². The minimum Gasteiger partial charge on any atom is -0.312 e. The van der Waals surface area contributed by atoms with Crippen LogP contribution in [-0.4, -0.2) is 6.54 Å². The number of halogens is 1. The van der Waals surface area contributed by atoms with Crippen molar-refractivity contribution >= 4 is 11.6 Å². The third kappa shape index (κ3) is 5.94. The van der Waals surface area contributed by atoms with Gasteiger partial charge in [-0.25, -0.2) is 0 Å². The molecule has 0 saturated carbocycles. The Hall–Kier alpha value is -1.04. The Labute approximate surface area is 128 Å². The molecule has 0 aliphatic carbocycles. The summed E-state index contributed by atoms with van der Waals surface area (Å²) in [5.41, 5.74) is 1.97. The van der Waals surface area contributed by atoms with E-state index in [1.54, 1.807) is 6.07 Å². The number of benzene rings is 1. The Kier molecular flexibility index (Phi) is 7.05. The molecule has 0 fully saturated rings. The molecule has 110 valence electrons. The summed E-state index contributed by atoms with van der Waals surface area (Å²) in [6, 6.07) is 7.57. The normalized spacial score (nSPS) is 11.3. The fraction of sp³-hybridized carbons (Fsp3) is 0.588. The topological polar surface area (TPSA) is 35.8 Å². The second-order valence-corrected chi connectivity index (χ2v) is 6.55. The van der Waals surface area contributed by atoms with Crippen LogP contribution in [-0.2, 0) is 6.54 Å². The van der Waals surface area contributed by atoms with Crippen molar-refractivity contribution < 1.29 is 0 Å². The summed E-state index contributed by atoms with van der Waals surface area (Å²) in [4.78, 5) is 0. The molecule has 0 heterocycles. The third-order valence-corrected chi connectivity index (χ3v) is 3.91. The van der Waals surface area contributed by atoms with Gasteiger partial charge in [0.2, 0.25) is 0 Å². The zero-order chi connectivity index (χ0) is 15.0. The van der Waals surface area contributed by atoms with Gasteiger partial charge in [-0.2, -0.15) is 5.26 Å². The largest absolute Gasteiger partial charge is 0.312 e. The van der Waals surface area contributed by atoms with Crippen molar-refractivity contribution in [3.8, 4) is 6.07 Å². The first-order chi connectivity index (χ1) is 9.48. The molecule has 0 radical (unpaired) electrons. The molecule has 0 saturated heterocycles. The monoisotopic (exact) mass is 292 g/mol. The minimum absolute atomic E-state index is 0.314. The number of rotatable bonds is 8. The Bertz CT molecular complexity index is 461. The molecule has 0 unspecified atom stereocenters. The van der Waals surface area contributed by atoms with Crippen molar-refractivity contribution in [2.45, 2.75) is 53.0 Å². The van der Waals surface area contributed by atoms with Crippen LogP contribution in [0.5, 0.6) is 0 Å². The van der Waals surface area contributed by atoms with Gasteiger partial charge >= 0.3 is 0 Å². The van der Waals surface area contributed by atoms with Crippen molar-refractivity contribution in [1.82, 2.24) is 5.32 Å². The van der Waals surface area contributed by atoms with E-state index in [4.69, 9.17) is 16.9 Å². The van der Waals surface area contributed by atoms with Gasteiger partial charge in [-0.15, -0.1) is 0 Å². The van der Waals surface area contributed by atoms with Gasteiger partial charge in [-0.05, 0) is 29.5 Å². The van der Waals surface area contributed by atoms with Crippen LogP contribution < -0.4 is 5.32 Å². The number of hydrogen-bond donors (Lipinski definition) is 1. The van der Waals surface area contributed by atoms with E-state index in [1.165, 1.54) is 25.7 Å². The van der Waals surface area contributed by atoms with Crippen molar-refractivity contribution in [1.29, 1.82) is 5.26 Å². The molecule has 1 N–H and O–H groups in total. The average Bonchev–Trinajstić information content (AvgIpc) is 2.40. The van der Waals surface area contributed by atoms with Crippen LogP contribution in [0.2, 0.25) is 5.02 Å². The second-order valence-electron chi connectivity index (χ2n) is 6.14. The summed E-state index contributed by atoms with van der Waals surface area (Å²) in [5.74, 6) is 0. The maximum Gasteiger partial charge on any atom is 0.0992 e. The Morgan fingerprint density at radius 1 is 1.30 bits per heavy atom. The lowest BCUT2D eigenvalue weighted by Crippen LogP contribution is -2.29. The highest BCUT2D eigenvalue weighted by Crippen LogP contribution is 2.23. The molecule has 2 nitrogen and oxygen atoms in total. The fourth-order valence-electron chi connectivity index (χ4n) is 2.24. The van der Waals surface area contributed by atoms with Crippen LogP contribution in [0, 0.1) is 16.7 Å². The van der Waals surface area contributed by atoms with E-state index < -0.39 is 0 Å². The Morgan fingerprint density at radius 3 is 2.65 bits per heavy atom. The predicted molar refractivity (Wildman–Crippen MR) is 85.8 cm³/mol. The van der Waals surface area contributed by atoms with Gasteiger partial charge in [0.05, 0.1) is 11.6 Å². The minimum atomic E-state index is 0.314. The molecule has 1 rings (SSSR count). The van der Waals surface area contributed by atoms with Crippen molar-refractivity contribution in [2.24, 2.45) is 5.41 Å². The van der Waals surface area contributed by atoms with E-state index in [-0.39, 0.29) is 0 Å². The molecule has 20 heavy (non-hydrogen) atoms. The van der Waals surface area contributed by atoms with Gasteiger partial charge in [0.1, 0.15) is 0 Å². The van der Waals surface area contributed by atoms with Crippen LogP contribution in [0.4, 0.5) is 0 Å². The molecular weight excluding hydrogens is 268 g/mol. The lowest BCUT2D eigenvalue weighted by Gasteiger charge is -2.25. The number of unbranched alkanes of at least 4 members (excludes halogenated alkanes) is 2. The summed E-state index contributed by atoms with van der Waals surface area (Å²) in [7, 11) is 0. The highest BCUT2D eigenvalue weighted by molar-refractivity contribution is 6.31. The molecule has 1 aromatic carbocycles. The summed E-state index contributed by atoms with van der Waals surface area (Å²) < 4.78 is 0. The molecule has 0 aromatic heterocycles. The summed E-state index contributed by atoms with van der Waals surface area (Å²) in [6.45, 7) is 8.57. The van der Waals surface area contributed by atoms with Gasteiger partial charge in [0, 0.05) is 18.1 Å². The van der Waals surface area contributed by atoms with Crippen molar-refractivity contribution in [2.75, 3.05) is 6.54 Å². The number of nitrogens with zero attached hydrogens (tertiary/aromatic N) is 1. The van der Waals surface area contributed by atoms with Crippen LogP contribution in [0.3, 0.4) is 0 Å². The fourth-order valence-corrected chi connectivity index (χ4v) is 2.49. The molecule has 0 bridgehead atoms. The SMILES string of the molecule is CCCCCC(C)(C)CNCc1ccc(C#N)cc1Cl. The summed E-state index contributed by atoms with van der Waals surface area (Å²) in [6.07, 6.45) is 5.12. The highest BCUT2D eigenvalue weighted by Gasteiger charge is 2.16. The Balaban J connectivity index is 2.42. The molecule has 0 aliphatic heterocycles. The smallest absolute Gasteiger partial charge is 0.0992 e. The van der Waals surface area contributed by atoms with Gasteiger partial charge in [0.15, 0.2) is 0 Å². The van der Waals surface area contributed by atoms with Crippen LogP contribution in [0.15, 0.2) is 18.2 Å². The van der Waals surface area contributed by atoms with E-state index >= 15 is 0 Å². The van der Waals surface area contributed by atoms with Crippen LogP contribution >= 0.6 is 11.6 Å². The van der Waals surface area contributed by atoms with Crippen LogP contribution in [0.25, 0.3) is 0 Å². The van der Waals surface area contributed by atoms with Crippen molar-refractivity contribution in [3.63, 3.8) is 0 Å². The Morgan fingerprint density at radius 2 is 2.05 bits per heavy atom. The zero-order valence-corrected chi connectivity index (χ0v) is 13.6. The summed E-state index contributed by atoms with van der Waals surface area (Å²) >= 11 is 6.17.